The van der Waals surface area contributed by atoms with Gasteiger partial charge < -0.3 is 14.9 Å². The molecule has 0 aliphatic rings. The van der Waals surface area contributed by atoms with Crippen LogP contribution in [-0.4, -0.2) is 28.4 Å². The number of hydrogen-bond acceptors (Lipinski definition) is 3. The van der Waals surface area contributed by atoms with E-state index in [9.17, 15) is 14.3 Å². The molecule has 2 N–H and O–H groups in total. The highest BCUT2D eigenvalue weighted by molar-refractivity contribution is 5.90. The second-order valence-electron chi connectivity index (χ2n) is 4.05. The SMILES string of the molecule is CC(C)(O)COc1cc(F)ccc1C(=O)O. The Kier molecular flexibility index (Phi) is 3.49. The third-order valence-corrected chi connectivity index (χ3v) is 1.75. The molecule has 0 fully saturated rings. The van der Waals surface area contributed by atoms with E-state index in [0.717, 1.165) is 18.2 Å². The molecule has 0 amide bonds. The number of rotatable bonds is 4. The molecule has 0 saturated carbocycles. The minimum Gasteiger partial charge on any atom is -0.490 e. The lowest BCUT2D eigenvalue weighted by atomic mass is 10.1. The molecule has 0 atom stereocenters. The van der Waals surface area contributed by atoms with Gasteiger partial charge in [0.2, 0.25) is 0 Å². The van der Waals surface area contributed by atoms with Crippen LogP contribution in [0.15, 0.2) is 18.2 Å². The molecule has 5 heteroatoms. The summed E-state index contributed by atoms with van der Waals surface area (Å²) < 4.78 is 18.0. The zero-order valence-electron chi connectivity index (χ0n) is 9.03. The molecule has 1 aromatic rings. The number of benzene rings is 1. The van der Waals surface area contributed by atoms with Crippen LogP contribution in [0.1, 0.15) is 24.2 Å². The maximum Gasteiger partial charge on any atom is 0.339 e. The number of carbonyl (C=O) groups is 1. The lowest BCUT2D eigenvalue weighted by Gasteiger charge is -2.18. The highest BCUT2D eigenvalue weighted by atomic mass is 19.1. The molecule has 0 aliphatic heterocycles. The van der Waals surface area contributed by atoms with E-state index < -0.39 is 17.4 Å². The van der Waals surface area contributed by atoms with Gasteiger partial charge in [-0.05, 0) is 26.0 Å². The Morgan fingerprint density at radius 1 is 1.50 bits per heavy atom. The van der Waals surface area contributed by atoms with Gasteiger partial charge >= 0.3 is 5.97 Å². The molecular formula is C11H13FO4. The van der Waals surface area contributed by atoms with Gasteiger partial charge in [-0.25, -0.2) is 9.18 Å². The summed E-state index contributed by atoms with van der Waals surface area (Å²) in [6.07, 6.45) is 0. The first-order valence-corrected chi connectivity index (χ1v) is 4.67. The van der Waals surface area contributed by atoms with Gasteiger partial charge in [0.1, 0.15) is 23.7 Å². The number of halogens is 1. The van der Waals surface area contributed by atoms with E-state index >= 15 is 0 Å². The Balaban J connectivity index is 2.93. The molecule has 0 spiro atoms. The minimum absolute atomic E-state index is 0.0883. The first-order chi connectivity index (χ1) is 7.29. The molecule has 0 aromatic heterocycles. The van der Waals surface area contributed by atoms with Crippen LogP contribution in [-0.2, 0) is 0 Å². The number of hydrogen-bond donors (Lipinski definition) is 2. The maximum absolute atomic E-state index is 12.9. The van der Waals surface area contributed by atoms with Crippen molar-refractivity contribution < 1.29 is 24.1 Å². The molecule has 0 saturated heterocycles. The molecule has 0 aliphatic carbocycles. The van der Waals surface area contributed by atoms with Crippen LogP contribution in [0.3, 0.4) is 0 Å². The number of aliphatic hydroxyl groups is 1. The van der Waals surface area contributed by atoms with Gasteiger partial charge in [0.25, 0.3) is 0 Å². The van der Waals surface area contributed by atoms with Gasteiger partial charge in [0, 0.05) is 6.07 Å². The molecule has 88 valence electrons. The van der Waals surface area contributed by atoms with Crippen LogP contribution < -0.4 is 4.74 Å². The molecule has 0 heterocycles. The van der Waals surface area contributed by atoms with Crippen molar-refractivity contribution in [3.63, 3.8) is 0 Å². The van der Waals surface area contributed by atoms with Crippen molar-refractivity contribution in [1.29, 1.82) is 0 Å². The third kappa shape index (κ3) is 3.51. The number of aromatic carboxylic acids is 1. The number of carboxylic acids is 1. The predicted molar refractivity (Wildman–Crippen MR) is 55.2 cm³/mol. The second kappa shape index (κ2) is 4.49. The summed E-state index contributed by atoms with van der Waals surface area (Å²) in [4.78, 5) is 10.8. The van der Waals surface area contributed by atoms with Crippen LogP contribution >= 0.6 is 0 Å². The van der Waals surface area contributed by atoms with Gasteiger partial charge in [-0.2, -0.15) is 0 Å². The van der Waals surface area contributed by atoms with E-state index in [1.807, 2.05) is 0 Å². The summed E-state index contributed by atoms with van der Waals surface area (Å²) in [5.74, 6) is -1.88. The van der Waals surface area contributed by atoms with E-state index in [2.05, 4.69) is 0 Å². The highest BCUT2D eigenvalue weighted by Crippen LogP contribution is 2.21. The van der Waals surface area contributed by atoms with Crippen LogP contribution in [0.5, 0.6) is 5.75 Å². The largest absolute Gasteiger partial charge is 0.490 e. The van der Waals surface area contributed by atoms with E-state index in [1.54, 1.807) is 0 Å². The van der Waals surface area contributed by atoms with Crippen LogP contribution in [0.2, 0.25) is 0 Å². The number of ether oxygens (including phenoxy) is 1. The first kappa shape index (κ1) is 12.4. The summed E-state index contributed by atoms with van der Waals surface area (Å²) in [7, 11) is 0. The van der Waals surface area contributed by atoms with Gasteiger partial charge in [-0.3, -0.25) is 0 Å². The Bertz CT molecular complexity index is 395. The summed E-state index contributed by atoms with van der Waals surface area (Å²) in [6.45, 7) is 2.90. The Hall–Kier alpha value is -1.62. The molecular weight excluding hydrogens is 215 g/mol. The topological polar surface area (TPSA) is 66.8 Å². The zero-order chi connectivity index (χ0) is 12.3. The highest BCUT2D eigenvalue weighted by Gasteiger charge is 2.17. The van der Waals surface area contributed by atoms with Crippen molar-refractivity contribution in [2.24, 2.45) is 0 Å². The second-order valence-corrected chi connectivity index (χ2v) is 4.05. The van der Waals surface area contributed by atoms with Crippen molar-refractivity contribution >= 4 is 5.97 Å². The van der Waals surface area contributed by atoms with Crippen LogP contribution in [0.25, 0.3) is 0 Å². The average Bonchev–Trinajstić information content (AvgIpc) is 2.13. The van der Waals surface area contributed by atoms with Gasteiger partial charge in [0.15, 0.2) is 0 Å². The van der Waals surface area contributed by atoms with Crippen LogP contribution in [0.4, 0.5) is 4.39 Å². The summed E-state index contributed by atoms with van der Waals surface area (Å²) >= 11 is 0. The molecule has 0 radical (unpaired) electrons. The Morgan fingerprint density at radius 3 is 2.62 bits per heavy atom. The molecule has 0 bridgehead atoms. The Morgan fingerprint density at radius 2 is 2.12 bits per heavy atom. The van der Waals surface area contributed by atoms with Crippen molar-refractivity contribution in [3.05, 3.63) is 29.6 Å². The van der Waals surface area contributed by atoms with E-state index in [1.165, 1.54) is 13.8 Å². The van der Waals surface area contributed by atoms with E-state index in [4.69, 9.17) is 9.84 Å². The lowest BCUT2D eigenvalue weighted by molar-refractivity contribution is 0.0274. The lowest BCUT2D eigenvalue weighted by Crippen LogP contribution is -2.28. The Labute approximate surface area is 92.3 Å². The summed E-state index contributed by atoms with van der Waals surface area (Å²) in [5, 5.41) is 18.2. The van der Waals surface area contributed by atoms with Crippen molar-refractivity contribution in [3.8, 4) is 5.75 Å². The van der Waals surface area contributed by atoms with E-state index in [-0.39, 0.29) is 17.9 Å². The van der Waals surface area contributed by atoms with Gasteiger partial charge in [-0.1, -0.05) is 0 Å². The molecule has 1 rings (SSSR count). The van der Waals surface area contributed by atoms with Crippen molar-refractivity contribution in [1.82, 2.24) is 0 Å². The van der Waals surface area contributed by atoms with E-state index in [0.29, 0.717) is 0 Å². The number of carboxylic acid groups (broad SMARTS) is 1. The fourth-order valence-electron chi connectivity index (χ4n) is 1.05. The molecule has 1 aromatic carbocycles. The predicted octanol–water partition coefficient (Wildman–Crippen LogP) is 1.67. The average molecular weight is 228 g/mol. The molecule has 16 heavy (non-hydrogen) atoms. The normalized spacial score (nSPS) is 11.2. The monoisotopic (exact) mass is 228 g/mol. The third-order valence-electron chi connectivity index (χ3n) is 1.75. The van der Waals surface area contributed by atoms with Crippen LogP contribution in [0, 0.1) is 5.82 Å². The quantitative estimate of drug-likeness (QED) is 0.822. The molecule has 0 unspecified atom stereocenters. The summed E-state index contributed by atoms with van der Waals surface area (Å²) in [6, 6.07) is 3.15. The first-order valence-electron chi connectivity index (χ1n) is 4.67. The zero-order valence-corrected chi connectivity index (χ0v) is 9.03. The standard InChI is InChI=1S/C11H13FO4/c1-11(2,15)6-16-9-5-7(12)3-4-8(9)10(13)14/h3-5,15H,6H2,1-2H3,(H,13,14). The summed E-state index contributed by atoms with van der Waals surface area (Å²) in [5.41, 5.74) is -1.24. The van der Waals surface area contributed by atoms with Crippen molar-refractivity contribution in [2.75, 3.05) is 6.61 Å². The fraction of sp³-hybridized carbons (Fsp3) is 0.364. The van der Waals surface area contributed by atoms with Crippen molar-refractivity contribution in [2.45, 2.75) is 19.4 Å². The minimum atomic E-state index is -1.20. The molecule has 4 nitrogen and oxygen atoms in total. The fourth-order valence-corrected chi connectivity index (χ4v) is 1.05. The van der Waals surface area contributed by atoms with Gasteiger partial charge in [0.05, 0.1) is 5.60 Å². The smallest absolute Gasteiger partial charge is 0.339 e. The maximum atomic E-state index is 12.9. The van der Waals surface area contributed by atoms with Gasteiger partial charge in [-0.15, -0.1) is 0 Å².